The van der Waals surface area contributed by atoms with Crippen LogP contribution in [-0.4, -0.2) is 106 Å². The van der Waals surface area contributed by atoms with E-state index in [0.717, 1.165) is 78.2 Å². The number of halogens is 1. The Labute approximate surface area is 237 Å². The number of rotatable bonds is 12. The van der Waals surface area contributed by atoms with Gasteiger partial charge < -0.3 is 4.74 Å². The highest BCUT2D eigenvalue weighted by Crippen LogP contribution is 2.33. The van der Waals surface area contributed by atoms with E-state index >= 15 is 0 Å². The van der Waals surface area contributed by atoms with Crippen molar-refractivity contribution in [3.8, 4) is 11.3 Å². The van der Waals surface area contributed by atoms with Crippen molar-refractivity contribution in [1.82, 2.24) is 28.0 Å². The van der Waals surface area contributed by atoms with E-state index in [2.05, 4.69) is 14.3 Å². The Morgan fingerprint density at radius 1 is 1.08 bits per heavy atom. The first-order chi connectivity index (χ1) is 18.5. The molecule has 39 heavy (non-hydrogen) atoms. The molecule has 1 aromatic carbocycles. The second-order valence-corrected chi connectivity index (χ2v) is 14.6. The molecule has 2 aromatic rings. The highest BCUT2D eigenvalue weighted by molar-refractivity contribution is 7.88. The van der Waals surface area contributed by atoms with Gasteiger partial charge in [-0.1, -0.05) is 17.7 Å². The van der Waals surface area contributed by atoms with Crippen molar-refractivity contribution in [3.63, 3.8) is 0 Å². The summed E-state index contributed by atoms with van der Waals surface area (Å²) in [5, 5.41) is 5.59. The average molecular weight is 603 g/mol. The normalized spacial score (nSPS) is 17.6. The topological polar surface area (TPSA) is 117 Å². The molecule has 0 aliphatic carbocycles. The number of benzene rings is 1. The van der Waals surface area contributed by atoms with Gasteiger partial charge in [0, 0.05) is 88.2 Å². The fourth-order valence-electron chi connectivity index (χ4n) is 4.96. The Morgan fingerprint density at radius 3 is 2.51 bits per heavy atom. The van der Waals surface area contributed by atoms with E-state index in [1.807, 2.05) is 18.2 Å². The third-order valence-corrected chi connectivity index (χ3v) is 10.4. The summed E-state index contributed by atoms with van der Waals surface area (Å²) < 4.78 is 61.4. The smallest absolute Gasteiger partial charge is 0.278 e. The van der Waals surface area contributed by atoms with Gasteiger partial charge in [-0.2, -0.15) is 22.1 Å². The molecule has 1 N–H and O–H groups in total. The van der Waals surface area contributed by atoms with E-state index in [1.54, 1.807) is 0 Å². The molecule has 218 valence electrons. The molecule has 0 radical (unpaired) electrons. The molecule has 14 heteroatoms. The Morgan fingerprint density at radius 2 is 1.82 bits per heavy atom. The molecule has 0 unspecified atom stereocenters. The lowest BCUT2D eigenvalue weighted by Gasteiger charge is -2.27. The number of nitrogens with one attached hydrogen (secondary N) is 1. The lowest BCUT2D eigenvalue weighted by Crippen LogP contribution is -2.37. The zero-order valence-electron chi connectivity index (χ0n) is 22.9. The maximum absolute atomic E-state index is 12.4. The molecule has 11 nitrogen and oxygen atoms in total. The first-order valence-electron chi connectivity index (χ1n) is 13.3. The molecule has 4 rings (SSSR count). The summed E-state index contributed by atoms with van der Waals surface area (Å²) in [7, 11) is -3.86. The summed E-state index contributed by atoms with van der Waals surface area (Å²) in [5.41, 5.74) is 4.56. The van der Waals surface area contributed by atoms with Crippen molar-refractivity contribution in [1.29, 1.82) is 0 Å². The van der Waals surface area contributed by atoms with Gasteiger partial charge in [0.2, 0.25) is 10.0 Å². The van der Waals surface area contributed by atoms with Crippen molar-refractivity contribution in [3.05, 3.63) is 40.0 Å². The van der Waals surface area contributed by atoms with E-state index in [4.69, 9.17) is 21.4 Å². The molecule has 1 aromatic heterocycles. The van der Waals surface area contributed by atoms with Gasteiger partial charge in [0.1, 0.15) is 0 Å². The molecule has 2 aliphatic heterocycles. The van der Waals surface area contributed by atoms with Gasteiger partial charge in [-0.15, -0.1) is 0 Å². The second-order valence-electron chi connectivity index (χ2n) is 10.2. The van der Waals surface area contributed by atoms with Gasteiger partial charge in [0.05, 0.1) is 25.2 Å². The summed E-state index contributed by atoms with van der Waals surface area (Å²) >= 11 is 6.50. The van der Waals surface area contributed by atoms with Crippen LogP contribution in [0.4, 0.5) is 0 Å². The number of aromatic nitrogens is 2. The van der Waals surface area contributed by atoms with Crippen LogP contribution >= 0.6 is 11.6 Å². The zero-order chi connectivity index (χ0) is 28.2. The van der Waals surface area contributed by atoms with Crippen molar-refractivity contribution in [2.75, 3.05) is 66.3 Å². The van der Waals surface area contributed by atoms with Gasteiger partial charge in [0.25, 0.3) is 10.2 Å². The van der Waals surface area contributed by atoms with E-state index < -0.39 is 20.2 Å². The van der Waals surface area contributed by atoms with Crippen LogP contribution in [0.1, 0.15) is 29.7 Å². The molecule has 0 spiro atoms. The Hall–Kier alpha value is -1.58. The van der Waals surface area contributed by atoms with Crippen LogP contribution in [-0.2, 0) is 50.9 Å². The molecule has 0 bridgehead atoms. The molecular weight excluding hydrogens is 564 g/mol. The fourth-order valence-corrected chi connectivity index (χ4v) is 6.62. The van der Waals surface area contributed by atoms with Crippen molar-refractivity contribution in [2.24, 2.45) is 0 Å². The summed E-state index contributed by atoms with van der Waals surface area (Å²) in [6, 6.07) is 5.74. The summed E-state index contributed by atoms with van der Waals surface area (Å²) in [4.78, 5) is 2.40. The summed E-state index contributed by atoms with van der Waals surface area (Å²) in [5.74, 6) is 0. The highest BCUT2D eigenvalue weighted by atomic mass is 35.5. The third-order valence-electron chi connectivity index (χ3n) is 7.22. The first-order valence-corrected chi connectivity index (χ1v) is 16.9. The van der Waals surface area contributed by atoms with Crippen molar-refractivity contribution < 1.29 is 21.6 Å². The maximum Gasteiger partial charge on any atom is 0.278 e. The molecule has 2 aliphatic rings. The fraction of sp³-hybridized carbons (Fsp3) is 0.640. The van der Waals surface area contributed by atoms with Crippen LogP contribution in [0.5, 0.6) is 0 Å². The van der Waals surface area contributed by atoms with E-state index in [0.29, 0.717) is 30.8 Å². The van der Waals surface area contributed by atoms with Crippen LogP contribution in [0.3, 0.4) is 0 Å². The number of fused-ring (bicyclic) bond motifs is 1. The third kappa shape index (κ3) is 7.79. The summed E-state index contributed by atoms with van der Waals surface area (Å²) in [6.45, 7) is 6.15. The monoisotopic (exact) mass is 602 g/mol. The van der Waals surface area contributed by atoms with E-state index in [-0.39, 0.29) is 13.1 Å². The molecule has 0 atom stereocenters. The van der Waals surface area contributed by atoms with Gasteiger partial charge in [-0.05, 0) is 37.0 Å². The molecule has 0 amide bonds. The molecule has 0 saturated carbocycles. The van der Waals surface area contributed by atoms with Crippen molar-refractivity contribution >= 4 is 31.8 Å². The largest absolute Gasteiger partial charge is 0.379 e. The zero-order valence-corrected chi connectivity index (χ0v) is 25.3. The minimum atomic E-state index is -3.48. The predicted octanol–water partition coefficient (Wildman–Crippen LogP) is 1.57. The van der Waals surface area contributed by atoms with Crippen LogP contribution in [0.2, 0.25) is 5.02 Å². The number of sulfonamides is 1. The van der Waals surface area contributed by atoms with Gasteiger partial charge in [0.15, 0.2) is 0 Å². The minimum Gasteiger partial charge on any atom is -0.379 e. The Kier molecular flexibility index (Phi) is 10.1. The highest BCUT2D eigenvalue weighted by Gasteiger charge is 2.30. The van der Waals surface area contributed by atoms with Crippen molar-refractivity contribution in [2.45, 2.75) is 38.8 Å². The number of nitrogens with zero attached hydrogens (tertiary/aromatic N) is 5. The number of morpholine rings is 1. The van der Waals surface area contributed by atoms with Crippen LogP contribution in [0.25, 0.3) is 11.3 Å². The number of hydrogen-bond acceptors (Lipinski definition) is 7. The number of hydrogen-bond donors (Lipinski definition) is 1. The van der Waals surface area contributed by atoms with Crippen LogP contribution < -0.4 is 4.72 Å². The number of ether oxygens (including phenoxy) is 1. The lowest BCUT2D eigenvalue weighted by atomic mass is 9.99. The van der Waals surface area contributed by atoms with E-state index in [1.165, 1.54) is 24.7 Å². The maximum atomic E-state index is 12.4. The van der Waals surface area contributed by atoms with E-state index in [9.17, 15) is 16.8 Å². The molecule has 3 heterocycles. The predicted molar refractivity (Wildman–Crippen MR) is 152 cm³/mol. The molecule has 1 fully saturated rings. The van der Waals surface area contributed by atoms with Crippen LogP contribution in [0, 0.1) is 0 Å². The standard InChI is InChI=1S/C25H39ClN6O5S2/c1-29(2)39(35,36)27-10-4-6-20-18-21(7-8-23(20)26)25-22-19-31(38(3,33)34)13-9-24(22)32(28-25)12-5-11-30-14-16-37-17-15-30/h7-8,18,27H,4-6,9-17,19H2,1-3H3. The first kappa shape index (κ1) is 30.4. The van der Waals surface area contributed by atoms with Gasteiger partial charge in [-0.25, -0.2) is 13.1 Å². The van der Waals surface area contributed by atoms with Gasteiger partial charge in [-0.3, -0.25) is 9.58 Å². The second kappa shape index (κ2) is 12.9. The Balaban J connectivity index is 1.54. The van der Waals surface area contributed by atoms with Crippen LogP contribution in [0.15, 0.2) is 18.2 Å². The number of aryl methyl sites for hydroxylation is 2. The quantitative estimate of drug-likeness (QED) is 0.367. The Bertz CT molecular complexity index is 1360. The SMILES string of the molecule is CN(C)S(=O)(=O)NCCCc1cc(-c2nn(CCCN3CCOCC3)c3c2CN(S(C)(=O)=O)CC3)ccc1Cl. The lowest BCUT2D eigenvalue weighted by molar-refractivity contribution is 0.0368. The molecule has 1 saturated heterocycles. The summed E-state index contributed by atoms with van der Waals surface area (Å²) in [6.07, 6.45) is 3.96. The van der Waals surface area contributed by atoms with Gasteiger partial charge >= 0.3 is 0 Å². The molecular formula is C25H39ClN6O5S2. The average Bonchev–Trinajstić information content (AvgIpc) is 3.25. The minimum absolute atomic E-state index is 0.289.